The van der Waals surface area contributed by atoms with Crippen molar-refractivity contribution in [2.45, 2.75) is 6.92 Å². The lowest BCUT2D eigenvalue weighted by molar-refractivity contribution is -0.120. The van der Waals surface area contributed by atoms with E-state index < -0.39 is 23.6 Å². The first-order chi connectivity index (χ1) is 15.7. The molecule has 0 bridgehead atoms. The smallest absolute Gasteiger partial charge is 0.343 e. The van der Waals surface area contributed by atoms with E-state index in [2.05, 4.69) is 5.32 Å². The second kappa shape index (κ2) is 8.76. The lowest BCUT2D eigenvalue weighted by atomic mass is 10.2. The Labute approximate surface area is 193 Å². The Morgan fingerprint density at radius 1 is 1.00 bits per heavy atom. The second-order valence-electron chi connectivity index (χ2n) is 7.24. The molecule has 1 aliphatic heterocycles. The third-order valence-corrected chi connectivity index (χ3v) is 5.22. The van der Waals surface area contributed by atoms with Gasteiger partial charge in [-0.3, -0.25) is 9.59 Å². The highest BCUT2D eigenvalue weighted by Gasteiger charge is 2.38. The summed E-state index contributed by atoms with van der Waals surface area (Å²) < 4.78 is 18.5. The molecule has 3 aromatic rings. The summed E-state index contributed by atoms with van der Waals surface area (Å²) in [6, 6.07) is 16.0. The Morgan fingerprint density at radius 3 is 2.30 bits per heavy atom. The average molecular weight is 466 g/mol. The number of nitrogens with one attached hydrogen (secondary N) is 1. The van der Waals surface area contributed by atoms with Crippen LogP contribution in [0, 0.1) is 12.7 Å². The number of aryl methyl sites for hydroxylation is 1. The largest absolute Gasteiger partial charge is 0.421 e. The SMILES string of the molecule is Cc1ccc(OC(=O)c2ccc(NC3=C(Cl)C(=O)N(c4ccc(F)cc4)C3=O)cc2)c(N)c1. The van der Waals surface area contributed by atoms with Crippen LogP contribution in [0.25, 0.3) is 0 Å². The third kappa shape index (κ3) is 4.42. The van der Waals surface area contributed by atoms with E-state index in [9.17, 15) is 18.8 Å². The number of nitrogen functional groups attached to an aromatic ring is 1. The van der Waals surface area contributed by atoms with E-state index in [1.165, 1.54) is 36.4 Å². The molecule has 0 saturated carbocycles. The molecule has 0 atom stereocenters. The van der Waals surface area contributed by atoms with Crippen molar-refractivity contribution in [2.75, 3.05) is 16.0 Å². The number of carbonyl (C=O) groups is 3. The molecule has 0 aliphatic carbocycles. The summed E-state index contributed by atoms with van der Waals surface area (Å²) in [5, 5.41) is 2.50. The van der Waals surface area contributed by atoms with Crippen LogP contribution in [0.2, 0.25) is 0 Å². The molecule has 9 heteroatoms. The van der Waals surface area contributed by atoms with Gasteiger partial charge in [-0.2, -0.15) is 0 Å². The van der Waals surface area contributed by atoms with Crippen molar-refractivity contribution in [1.29, 1.82) is 0 Å². The number of ether oxygens (including phenoxy) is 1. The first-order valence-corrected chi connectivity index (χ1v) is 10.1. The molecule has 2 amide bonds. The van der Waals surface area contributed by atoms with Crippen LogP contribution in [0.3, 0.4) is 0 Å². The van der Waals surface area contributed by atoms with Gasteiger partial charge in [0.25, 0.3) is 11.8 Å². The number of esters is 1. The molecule has 1 heterocycles. The van der Waals surface area contributed by atoms with Crippen molar-refractivity contribution < 1.29 is 23.5 Å². The lowest BCUT2D eigenvalue weighted by Crippen LogP contribution is -2.32. The molecule has 4 rings (SSSR count). The maximum Gasteiger partial charge on any atom is 0.343 e. The second-order valence-corrected chi connectivity index (χ2v) is 7.62. The molecule has 3 N–H and O–H groups in total. The number of benzene rings is 3. The number of rotatable bonds is 5. The van der Waals surface area contributed by atoms with Crippen LogP contribution in [-0.4, -0.2) is 17.8 Å². The third-order valence-electron chi connectivity index (χ3n) is 4.87. The number of nitrogens with zero attached hydrogens (tertiary/aromatic N) is 1. The zero-order valence-electron chi connectivity index (χ0n) is 17.3. The molecule has 0 saturated heterocycles. The molecular formula is C24H17ClFN3O4. The Hall–Kier alpha value is -4.17. The molecule has 0 unspecified atom stereocenters. The number of halogens is 2. The molecule has 33 heavy (non-hydrogen) atoms. The van der Waals surface area contributed by atoms with E-state index in [-0.39, 0.29) is 27.7 Å². The van der Waals surface area contributed by atoms with Crippen LogP contribution in [0.4, 0.5) is 21.5 Å². The van der Waals surface area contributed by atoms with E-state index in [1.54, 1.807) is 18.2 Å². The molecule has 7 nitrogen and oxygen atoms in total. The van der Waals surface area contributed by atoms with Crippen molar-refractivity contribution in [3.05, 3.63) is 94.4 Å². The highest BCUT2D eigenvalue weighted by atomic mass is 35.5. The van der Waals surface area contributed by atoms with Crippen molar-refractivity contribution in [3.8, 4) is 5.75 Å². The van der Waals surface area contributed by atoms with Crippen molar-refractivity contribution in [1.82, 2.24) is 0 Å². The summed E-state index contributed by atoms with van der Waals surface area (Å²) in [6.45, 7) is 1.87. The fourth-order valence-electron chi connectivity index (χ4n) is 3.19. The molecule has 0 spiro atoms. The number of imide groups is 1. The number of nitrogens with two attached hydrogens (primary N) is 1. The number of hydrogen-bond donors (Lipinski definition) is 2. The Kier molecular flexibility index (Phi) is 5.85. The first-order valence-electron chi connectivity index (χ1n) is 9.74. The van der Waals surface area contributed by atoms with Gasteiger partial charge in [0, 0.05) is 5.69 Å². The summed E-state index contributed by atoms with van der Waals surface area (Å²) >= 11 is 6.09. The maximum absolute atomic E-state index is 13.2. The normalized spacial score (nSPS) is 13.5. The fourth-order valence-corrected chi connectivity index (χ4v) is 3.40. The molecular weight excluding hydrogens is 449 g/mol. The van der Waals surface area contributed by atoms with Gasteiger partial charge in [-0.25, -0.2) is 14.1 Å². The van der Waals surface area contributed by atoms with Crippen LogP contribution in [0.1, 0.15) is 15.9 Å². The quantitative estimate of drug-likeness (QED) is 0.251. The highest BCUT2D eigenvalue weighted by molar-refractivity contribution is 6.53. The topological polar surface area (TPSA) is 102 Å². The van der Waals surface area contributed by atoms with Gasteiger partial charge in [-0.1, -0.05) is 17.7 Å². The molecule has 0 radical (unpaired) electrons. The summed E-state index contributed by atoms with van der Waals surface area (Å²) in [4.78, 5) is 38.5. The zero-order valence-corrected chi connectivity index (χ0v) is 18.0. The Balaban J connectivity index is 1.48. The van der Waals surface area contributed by atoms with Gasteiger partial charge in [0.05, 0.1) is 16.9 Å². The van der Waals surface area contributed by atoms with Crippen molar-refractivity contribution in [3.63, 3.8) is 0 Å². The van der Waals surface area contributed by atoms with Gasteiger partial charge >= 0.3 is 5.97 Å². The predicted octanol–water partition coefficient (Wildman–Crippen LogP) is 4.37. The van der Waals surface area contributed by atoms with Crippen LogP contribution < -0.4 is 20.7 Å². The predicted molar refractivity (Wildman–Crippen MR) is 122 cm³/mol. The molecule has 1 aliphatic rings. The summed E-state index contributed by atoms with van der Waals surface area (Å²) in [7, 11) is 0. The van der Waals surface area contributed by atoms with Gasteiger partial charge < -0.3 is 15.8 Å². The van der Waals surface area contributed by atoms with E-state index >= 15 is 0 Å². The van der Waals surface area contributed by atoms with Crippen LogP contribution in [0.15, 0.2) is 77.5 Å². The minimum atomic E-state index is -0.730. The average Bonchev–Trinajstić information content (AvgIpc) is 3.00. The van der Waals surface area contributed by atoms with E-state index in [4.69, 9.17) is 22.1 Å². The monoisotopic (exact) mass is 465 g/mol. The van der Waals surface area contributed by atoms with E-state index in [0.717, 1.165) is 22.6 Å². The van der Waals surface area contributed by atoms with Crippen LogP contribution in [0.5, 0.6) is 5.75 Å². The molecule has 0 fully saturated rings. The van der Waals surface area contributed by atoms with Gasteiger partial charge in [-0.15, -0.1) is 0 Å². The van der Waals surface area contributed by atoms with Gasteiger partial charge in [0.2, 0.25) is 0 Å². The summed E-state index contributed by atoms with van der Waals surface area (Å²) in [5.41, 5.74) is 7.88. The standard InChI is InChI=1S/C24H17ClFN3O4/c1-13-2-11-19(18(27)12-13)33-24(32)14-3-7-16(8-4-14)28-21-20(25)22(30)29(23(21)31)17-9-5-15(26)6-10-17/h2-12,28H,27H2,1H3. The highest BCUT2D eigenvalue weighted by Crippen LogP contribution is 2.30. The lowest BCUT2D eigenvalue weighted by Gasteiger charge is -2.15. The Bertz CT molecular complexity index is 1300. The molecule has 166 valence electrons. The van der Waals surface area contributed by atoms with Gasteiger partial charge in [0.15, 0.2) is 5.75 Å². The molecule has 0 aromatic heterocycles. The van der Waals surface area contributed by atoms with Crippen LogP contribution >= 0.6 is 11.6 Å². The zero-order chi connectivity index (χ0) is 23.7. The minimum absolute atomic E-state index is 0.131. The molecule has 3 aromatic carbocycles. The minimum Gasteiger partial charge on any atom is -0.421 e. The van der Waals surface area contributed by atoms with Gasteiger partial charge in [0.1, 0.15) is 16.5 Å². The summed E-state index contributed by atoms with van der Waals surface area (Å²) in [6.07, 6.45) is 0. The number of anilines is 3. The summed E-state index contributed by atoms with van der Waals surface area (Å²) in [5.74, 6) is -2.27. The van der Waals surface area contributed by atoms with E-state index in [1.807, 2.05) is 6.92 Å². The Morgan fingerprint density at radius 2 is 1.67 bits per heavy atom. The number of amides is 2. The van der Waals surface area contributed by atoms with Crippen molar-refractivity contribution >= 4 is 46.4 Å². The first kappa shape index (κ1) is 22.0. The van der Waals surface area contributed by atoms with Crippen LogP contribution in [-0.2, 0) is 9.59 Å². The number of carbonyl (C=O) groups excluding carboxylic acids is 3. The maximum atomic E-state index is 13.2. The van der Waals surface area contributed by atoms with Gasteiger partial charge in [-0.05, 0) is 73.2 Å². The fraction of sp³-hybridized carbons (Fsp3) is 0.0417. The van der Waals surface area contributed by atoms with E-state index in [0.29, 0.717) is 11.4 Å². The van der Waals surface area contributed by atoms with Crippen molar-refractivity contribution in [2.24, 2.45) is 0 Å². The number of hydrogen-bond acceptors (Lipinski definition) is 6.